The molecular formula is C20H29FN2O3. The first-order valence-electron chi connectivity index (χ1n) is 9.47. The Kier molecular flexibility index (Phi) is 8.38. The Morgan fingerprint density at radius 2 is 1.85 bits per heavy atom. The van der Waals surface area contributed by atoms with Gasteiger partial charge in [-0.25, -0.2) is 9.18 Å². The monoisotopic (exact) mass is 364 g/mol. The lowest BCUT2D eigenvalue weighted by atomic mass is 9.91. The summed E-state index contributed by atoms with van der Waals surface area (Å²) in [7, 11) is 1.39. The van der Waals surface area contributed by atoms with Gasteiger partial charge in [0.05, 0.1) is 13.2 Å². The van der Waals surface area contributed by atoms with Crippen LogP contribution in [0, 0.1) is 11.7 Å². The molecule has 0 bridgehead atoms. The first-order valence-corrected chi connectivity index (χ1v) is 9.47. The fourth-order valence-corrected chi connectivity index (χ4v) is 3.50. The number of carbonyl (C=O) groups is 2. The van der Waals surface area contributed by atoms with Crippen molar-refractivity contribution in [1.82, 2.24) is 10.6 Å². The smallest absolute Gasteiger partial charge is 0.315 e. The van der Waals surface area contributed by atoms with Crippen molar-refractivity contribution < 1.29 is 18.7 Å². The summed E-state index contributed by atoms with van der Waals surface area (Å²) in [5.74, 6) is -0.0731. The molecule has 5 nitrogen and oxygen atoms in total. The van der Waals surface area contributed by atoms with E-state index >= 15 is 0 Å². The third-order valence-electron chi connectivity index (χ3n) is 4.96. The average molecular weight is 364 g/mol. The molecule has 6 heteroatoms. The van der Waals surface area contributed by atoms with E-state index in [0.29, 0.717) is 18.9 Å². The molecule has 2 rings (SSSR count). The van der Waals surface area contributed by atoms with Crippen LogP contribution < -0.4 is 10.6 Å². The number of amides is 2. The van der Waals surface area contributed by atoms with Gasteiger partial charge in [0.25, 0.3) is 0 Å². The highest BCUT2D eigenvalue weighted by Gasteiger charge is 2.27. The van der Waals surface area contributed by atoms with Crippen LogP contribution in [0.3, 0.4) is 0 Å². The van der Waals surface area contributed by atoms with Crippen LogP contribution in [-0.2, 0) is 9.53 Å². The van der Waals surface area contributed by atoms with E-state index in [0.717, 1.165) is 37.7 Å². The number of esters is 1. The number of methoxy groups -OCH3 is 1. The summed E-state index contributed by atoms with van der Waals surface area (Å²) in [5, 5.41) is 5.95. The summed E-state index contributed by atoms with van der Waals surface area (Å²) in [6, 6.07) is 6.12. The minimum Gasteiger partial charge on any atom is -0.469 e. The predicted octanol–water partition coefficient (Wildman–Crippen LogP) is 4.09. The lowest BCUT2D eigenvalue weighted by molar-refractivity contribution is -0.140. The van der Waals surface area contributed by atoms with E-state index in [2.05, 4.69) is 15.4 Å². The lowest BCUT2D eigenvalue weighted by Gasteiger charge is -2.25. The van der Waals surface area contributed by atoms with Crippen molar-refractivity contribution in [3.05, 3.63) is 35.6 Å². The van der Waals surface area contributed by atoms with E-state index in [1.165, 1.54) is 32.1 Å². The molecular weight excluding hydrogens is 335 g/mol. The number of nitrogens with one attached hydrogen (secondary N) is 2. The molecule has 0 spiro atoms. The maximum absolute atomic E-state index is 13.2. The molecule has 1 aromatic carbocycles. The highest BCUT2D eigenvalue weighted by atomic mass is 19.1. The molecule has 0 aromatic heterocycles. The fourth-order valence-electron chi connectivity index (χ4n) is 3.50. The van der Waals surface area contributed by atoms with E-state index in [4.69, 9.17) is 0 Å². The molecule has 26 heavy (non-hydrogen) atoms. The van der Waals surface area contributed by atoms with Crippen LogP contribution in [0.25, 0.3) is 0 Å². The largest absolute Gasteiger partial charge is 0.469 e. The molecule has 2 N–H and O–H groups in total. The van der Waals surface area contributed by atoms with Crippen LogP contribution in [0.1, 0.15) is 63.0 Å². The number of rotatable bonds is 9. The highest BCUT2D eigenvalue weighted by Crippen LogP contribution is 2.35. The van der Waals surface area contributed by atoms with Crippen molar-refractivity contribution in [3.63, 3.8) is 0 Å². The number of hydrogen-bond donors (Lipinski definition) is 2. The second-order valence-electron chi connectivity index (χ2n) is 6.86. The van der Waals surface area contributed by atoms with E-state index in [9.17, 15) is 14.0 Å². The molecule has 1 fully saturated rings. The minimum atomic E-state index is -0.268. The van der Waals surface area contributed by atoms with Crippen molar-refractivity contribution in [2.45, 2.75) is 57.4 Å². The Morgan fingerprint density at radius 3 is 2.50 bits per heavy atom. The fraction of sp³-hybridized carbons (Fsp3) is 0.600. The van der Waals surface area contributed by atoms with Gasteiger partial charge in [-0.05, 0) is 49.3 Å². The van der Waals surface area contributed by atoms with Crippen molar-refractivity contribution in [2.75, 3.05) is 13.7 Å². The summed E-state index contributed by atoms with van der Waals surface area (Å²) in [4.78, 5) is 23.3. The first-order chi connectivity index (χ1) is 12.6. The quantitative estimate of drug-likeness (QED) is 0.512. The van der Waals surface area contributed by atoms with Crippen LogP contribution in [0.15, 0.2) is 24.3 Å². The van der Waals surface area contributed by atoms with Gasteiger partial charge in [0.1, 0.15) is 5.82 Å². The summed E-state index contributed by atoms with van der Waals surface area (Å²) >= 11 is 0. The molecule has 0 heterocycles. The molecule has 2 amide bonds. The summed E-state index contributed by atoms with van der Waals surface area (Å²) in [6.45, 7) is 0.563. The molecule has 0 saturated heterocycles. The Labute approximate surface area is 154 Å². The number of halogens is 1. The van der Waals surface area contributed by atoms with Gasteiger partial charge in [0.2, 0.25) is 0 Å². The predicted molar refractivity (Wildman–Crippen MR) is 98.1 cm³/mol. The van der Waals surface area contributed by atoms with Crippen molar-refractivity contribution >= 4 is 12.0 Å². The summed E-state index contributed by atoms with van der Waals surface area (Å²) < 4.78 is 17.8. The molecule has 1 aliphatic carbocycles. The van der Waals surface area contributed by atoms with E-state index < -0.39 is 0 Å². The van der Waals surface area contributed by atoms with Crippen LogP contribution >= 0.6 is 0 Å². The lowest BCUT2D eigenvalue weighted by Crippen LogP contribution is -2.40. The standard InChI is InChI=1S/C20H29FN2O3/c1-26-18(24)9-3-2-6-14-22-20(25)23-19(15-7-4-5-8-15)16-10-12-17(21)13-11-16/h10-13,15,19H,2-9,14H2,1H3,(H2,22,23,25). The molecule has 1 aromatic rings. The van der Waals surface area contributed by atoms with Crippen LogP contribution in [0.4, 0.5) is 9.18 Å². The van der Waals surface area contributed by atoms with Gasteiger partial charge in [-0.1, -0.05) is 31.4 Å². The maximum Gasteiger partial charge on any atom is 0.315 e. The second kappa shape index (κ2) is 10.8. The Hall–Kier alpha value is -2.11. The van der Waals surface area contributed by atoms with Crippen molar-refractivity contribution in [3.8, 4) is 0 Å². The molecule has 1 saturated carbocycles. The molecule has 1 unspecified atom stereocenters. The Morgan fingerprint density at radius 1 is 1.15 bits per heavy atom. The molecule has 0 aliphatic heterocycles. The Bertz CT molecular complexity index is 571. The number of unbranched alkanes of at least 4 members (excludes halogenated alkanes) is 2. The summed E-state index contributed by atoms with van der Waals surface area (Å²) in [6.07, 6.45) is 7.35. The zero-order valence-electron chi connectivity index (χ0n) is 15.4. The van der Waals surface area contributed by atoms with Crippen molar-refractivity contribution in [1.29, 1.82) is 0 Å². The Balaban J connectivity index is 1.77. The first kappa shape index (κ1) is 20.2. The topological polar surface area (TPSA) is 67.4 Å². The molecule has 1 aliphatic rings. The highest BCUT2D eigenvalue weighted by molar-refractivity contribution is 5.74. The number of carbonyl (C=O) groups excluding carboxylic acids is 2. The second-order valence-corrected chi connectivity index (χ2v) is 6.86. The van der Waals surface area contributed by atoms with Crippen LogP contribution in [0.5, 0.6) is 0 Å². The number of ether oxygens (including phenoxy) is 1. The maximum atomic E-state index is 13.2. The van der Waals surface area contributed by atoms with Gasteiger partial charge in [0, 0.05) is 13.0 Å². The average Bonchev–Trinajstić information content (AvgIpc) is 3.17. The van der Waals surface area contributed by atoms with Gasteiger partial charge in [0.15, 0.2) is 0 Å². The number of benzene rings is 1. The van der Waals surface area contributed by atoms with Crippen molar-refractivity contribution in [2.24, 2.45) is 5.92 Å². The zero-order chi connectivity index (χ0) is 18.8. The molecule has 1 atom stereocenters. The number of hydrogen-bond acceptors (Lipinski definition) is 3. The molecule has 144 valence electrons. The van der Waals surface area contributed by atoms with E-state index in [1.807, 2.05) is 0 Å². The van der Waals surface area contributed by atoms with Gasteiger partial charge < -0.3 is 15.4 Å². The van der Waals surface area contributed by atoms with Crippen LogP contribution in [0.2, 0.25) is 0 Å². The van der Waals surface area contributed by atoms with E-state index in [-0.39, 0.29) is 23.9 Å². The molecule has 0 radical (unpaired) electrons. The third kappa shape index (κ3) is 6.65. The zero-order valence-corrected chi connectivity index (χ0v) is 15.4. The van der Waals surface area contributed by atoms with Gasteiger partial charge in [-0.3, -0.25) is 4.79 Å². The number of urea groups is 1. The van der Waals surface area contributed by atoms with Gasteiger partial charge in [-0.15, -0.1) is 0 Å². The summed E-state index contributed by atoms with van der Waals surface area (Å²) in [5.41, 5.74) is 0.950. The van der Waals surface area contributed by atoms with Gasteiger partial charge >= 0.3 is 12.0 Å². The van der Waals surface area contributed by atoms with Crippen LogP contribution in [-0.4, -0.2) is 25.7 Å². The SMILES string of the molecule is COC(=O)CCCCCNC(=O)NC(c1ccc(F)cc1)C1CCCC1. The van der Waals surface area contributed by atoms with E-state index in [1.54, 1.807) is 12.1 Å². The minimum absolute atomic E-state index is 0.0857. The third-order valence-corrected chi connectivity index (χ3v) is 4.96. The normalized spacial score (nSPS) is 15.5. The van der Waals surface area contributed by atoms with Gasteiger partial charge in [-0.2, -0.15) is 0 Å².